The number of nitrogens with one attached hydrogen (secondary N) is 2. The van der Waals surface area contributed by atoms with Crippen molar-refractivity contribution in [2.24, 2.45) is 11.3 Å². The number of carbonyl (C=O) groups is 2. The summed E-state index contributed by atoms with van der Waals surface area (Å²) in [7, 11) is 1.95. The fourth-order valence-electron chi connectivity index (χ4n) is 2.87. The second-order valence-electron chi connectivity index (χ2n) is 7.59. The molecule has 0 bridgehead atoms. The van der Waals surface area contributed by atoms with Crippen molar-refractivity contribution in [3.8, 4) is 0 Å². The quantitative estimate of drug-likeness (QED) is 0.840. The Morgan fingerprint density at radius 2 is 1.84 bits per heavy atom. The first-order chi connectivity index (χ1) is 11.3. The van der Waals surface area contributed by atoms with Crippen molar-refractivity contribution >= 4 is 24.2 Å². The Morgan fingerprint density at radius 3 is 2.40 bits per heavy atom. The van der Waals surface area contributed by atoms with Gasteiger partial charge in [0.25, 0.3) is 5.91 Å². The van der Waals surface area contributed by atoms with E-state index in [-0.39, 0.29) is 24.2 Å². The molecule has 2 amide bonds. The molecule has 1 fully saturated rings. The monoisotopic (exact) mass is 367 g/mol. The van der Waals surface area contributed by atoms with Crippen molar-refractivity contribution in [2.75, 3.05) is 26.7 Å². The highest BCUT2D eigenvalue weighted by Crippen LogP contribution is 2.18. The second kappa shape index (κ2) is 9.20. The molecule has 1 aliphatic rings. The average Bonchev–Trinajstić information content (AvgIpc) is 3.00. The molecule has 25 heavy (non-hydrogen) atoms. The second-order valence-corrected chi connectivity index (χ2v) is 7.59. The maximum absolute atomic E-state index is 12.5. The van der Waals surface area contributed by atoms with Crippen LogP contribution in [0.4, 0.5) is 0 Å². The predicted octanol–water partition coefficient (Wildman–Crippen LogP) is 2.45. The lowest BCUT2D eigenvalue weighted by Crippen LogP contribution is -2.34. The summed E-state index contributed by atoms with van der Waals surface area (Å²) in [5.41, 5.74) is 1.32. The van der Waals surface area contributed by atoms with Crippen LogP contribution in [0.25, 0.3) is 0 Å². The number of nitrogens with zero attached hydrogens (tertiary/aromatic N) is 1. The van der Waals surface area contributed by atoms with E-state index in [1.807, 2.05) is 57.0 Å². The lowest BCUT2D eigenvalue weighted by atomic mass is 9.95. The van der Waals surface area contributed by atoms with Crippen LogP contribution < -0.4 is 10.6 Å². The van der Waals surface area contributed by atoms with E-state index in [1.54, 1.807) is 0 Å². The van der Waals surface area contributed by atoms with Gasteiger partial charge in [-0.2, -0.15) is 0 Å². The maximum Gasteiger partial charge on any atom is 0.253 e. The Kier molecular flexibility index (Phi) is 7.90. The van der Waals surface area contributed by atoms with Gasteiger partial charge in [0.2, 0.25) is 5.91 Å². The molecular formula is C19H30ClN3O2. The number of carbonyl (C=O) groups excluding carboxylic acids is 2. The van der Waals surface area contributed by atoms with Crippen LogP contribution in [0.5, 0.6) is 0 Å². The average molecular weight is 368 g/mol. The van der Waals surface area contributed by atoms with Gasteiger partial charge in [0, 0.05) is 30.6 Å². The highest BCUT2D eigenvalue weighted by Gasteiger charge is 2.26. The van der Waals surface area contributed by atoms with Crippen LogP contribution in [0.2, 0.25) is 0 Å². The van der Waals surface area contributed by atoms with Crippen LogP contribution in [0.15, 0.2) is 24.3 Å². The lowest BCUT2D eigenvalue weighted by Gasteiger charge is -2.18. The SMILES string of the molecule is CNCC1CCN(C(=O)c2ccc(CNC(=O)C(C)(C)C)cc2)C1.Cl. The van der Waals surface area contributed by atoms with Gasteiger partial charge in [-0.05, 0) is 43.6 Å². The molecule has 0 radical (unpaired) electrons. The van der Waals surface area contributed by atoms with Crippen LogP contribution in [-0.4, -0.2) is 43.4 Å². The number of amides is 2. The van der Waals surface area contributed by atoms with Gasteiger partial charge in [0.1, 0.15) is 0 Å². The summed E-state index contributed by atoms with van der Waals surface area (Å²) in [5, 5.41) is 6.10. The molecule has 1 aliphatic heterocycles. The highest BCUT2D eigenvalue weighted by atomic mass is 35.5. The number of hydrogen-bond acceptors (Lipinski definition) is 3. The van der Waals surface area contributed by atoms with Gasteiger partial charge in [0.15, 0.2) is 0 Å². The van der Waals surface area contributed by atoms with E-state index >= 15 is 0 Å². The third kappa shape index (κ3) is 6.01. The molecule has 2 N–H and O–H groups in total. The highest BCUT2D eigenvalue weighted by molar-refractivity contribution is 5.94. The zero-order chi connectivity index (χ0) is 17.7. The molecule has 1 atom stereocenters. The van der Waals surface area contributed by atoms with Gasteiger partial charge < -0.3 is 15.5 Å². The fourth-order valence-corrected chi connectivity index (χ4v) is 2.87. The molecule has 0 saturated carbocycles. The number of halogens is 1. The maximum atomic E-state index is 12.5. The molecule has 1 aromatic carbocycles. The first-order valence-corrected chi connectivity index (χ1v) is 8.62. The summed E-state index contributed by atoms with van der Waals surface area (Å²) in [5.74, 6) is 0.667. The van der Waals surface area contributed by atoms with Crippen LogP contribution in [0, 0.1) is 11.3 Å². The number of benzene rings is 1. The van der Waals surface area contributed by atoms with Gasteiger partial charge in [0.05, 0.1) is 0 Å². The van der Waals surface area contributed by atoms with Crippen molar-refractivity contribution in [2.45, 2.75) is 33.7 Å². The minimum Gasteiger partial charge on any atom is -0.352 e. The Labute approximate surface area is 157 Å². The Morgan fingerprint density at radius 1 is 1.20 bits per heavy atom. The fraction of sp³-hybridized carbons (Fsp3) is 0.579. The summed E-state index contributed by atoms with van der Waals surface area (Å²) in [6.07, 6.45) is 1.06. The van der Waals surface area contributed by atoms with Crippen LogP contribution in [0.3, 0.4) is 0 Å². The molecule has 0 spiro atoms. The molecule has 1 heterocycles. The Balaban J connectivity index is 0.00000312. The third-order valence-electron chi connectivity index (χ3n) is 4.40. The summed E-state index contributed by atoms with van der Waals surface area (Å²) in [6.45, 7) is 8.76. The van der Waals surface area contributed by atoms with Crippen molar-refractivity contribution in [3.05, 3.63) is 35.4 Å². The first-order valence-electron chi connectivity index (χ1n) is 8.62. The van der Waals surface area contributed by atoms with Crippen molar-refractivity contribution < 1.29 is 9.59 Å². The van der Waals surface area contributed by atoms with E-state index in [1.165, 1.54) is 0 Å². The Hall–Kier alpha value is -1.59. The van der Waals surface area contributed by atoms with Crippen LogP contribution in [-0.2, 0) is 11.3 Å². The molecule has 6 heteroatoms. The van der Waals surface area contributed by atoms with Gasteiger partial charge in [-0.25, -0.2) is 0 Å². The molecule has 2 rings (SSSR count). The van der Waals surface area contributed by atoms with Crippen molar-refractivity contribution in [1.82, 2.24) is 15.5 Å². The van der Waals surface area contributed by atoms with E-state index in [9.17, 15) is 9.59 Å². The Bertz CT molecular complexity index is 581. The minimum atomic E-state index is -0.393. The standard InChI is InChI=1S/C19H29N3O2.ClH/c1-19(2,3)18(24)21-12-14-5-7-16(8-6-14)17(23)22-10-9-15(13-22)11-20-4;/h5-8,15,20H,9-13H2,1-4H3,(H,21,24);1H. The zero-order valence-corrected chi connectivity index (χ0v) is 16.4. The van der Waals surface area contributed by atoms with Crippen molar-refractivity contribution in [3.63, 3.8) is 0 Å². The largest absolute Gasteiger partial charge is 0.352 e. The molecule has 0 aliphatic carbocycles. The number of hydrogen-bond donors (Lipinski definition) is 2. The summed E-state index contributed by atoms with van der Waals surface area (Å²) >= 11 is 0. The molecule has 140 valence electrons. The number of likely N-dealkylation sites (tertiary alicyclic amines) is 1. The van der Waals surface area contributed by atoms with Gasteiger partial charge in [-0.15, -0.1) is 12.4 Å². The van der Waals surface area contributed by atoms with E-state index in [2.05, 4.69) is 10.6 Å². The van der Waals surface area contributed by atoms with Gasteiger partial charge in [-0.3, -0.25) is 9.59 Å². The number of rotatable bonds is 5. The summed E-state index contributed by atoms with van der Waals surface area (Å²) in [6, 6.07) is 7.53. The third-order valence-corrected chi connectivity index (χ3v) is 4.40. The lowest BCUT2D eigenvalue weighted by molar-refractivity contribution is -0.128. The predicted molar refractivity (Wildman–Crippen MR) is 103 cm³/mol. The van der Waals surface area contributed by atoms with Gasteiger partial charge >= 0.3 is 0 Å². The summed E-state index contributed by atoms with van der Waals surface area (Å²) < 4.78 is 0. The molecule has 1 aromatic rings. The first kappa shape index (κ1) is 21.5. The molecular weight excluding hydrogens is 338 g/mol. The zero-order valence-electron chi connectivity index (χ0n) is 15.6. The van der Waals surface area contributed by atoms with Crippen LogP contribution in [0.1, 0.15) is 43.1 Å². The van der Waals surface area contributed by atoms with Crippen LogP contribution >= 0.6 is 12.4 Å². The normalized spacial score (nSPS) is 17.1. The van der Waals surface area contributed by atoms with Crippen molar-refractivity contribution in [1.29, 1.82) is 0 Å². The minimum absolute atomic E-state index is 0. The molecule has 5 nitrogen and oxygen atoms in total. The molecule has 1 unspecified atom stereocenters. The van der Waals surface area contributed by atoms with Gasteiger partial charge in [-0.1, -0.05) is 32.9 Å². The summed E-state index contributed by atoms with van der Waals surface area (Å²) in [4.78, 5) is 26.4. The van der Waals surface area contributed by atoms with E-state index in [4.69, 9.17) is 0 Å². The van der Waals surface area contributed by atoms with E-state index in [0.29, 0.717) is 18.0 Å². The molecule has 0 aromatic heterocycles. The topological polar surface area (TPSA) is 61.4 Å². The van der Waals surface area contributed by atoms with E-state index in [0.717, 1.165) is 31.6 Å². The molecule has 1 saturated heterocycles. The smallest absolute Gasteiger partial charge is 0.253 e. The van der Waals surface area contributed by atoms with E-state index < -0.39 is 5.41 Å².